The van der Waals surface area contributed by atoms with Crippen molar-refractivity contribution in [1.29, 1.82) is 5.26 Å². The number of hydrogen-bond acceptors (Lipinski definition) is 6. The number of hydrogen-bond donors (Lipinski definition) is 3. The molecule has 12 heteroatoms. The van der Waals surface area contributed by atoms with Crippen LogP contribution in [-0.4, -0.2) is 30.9 Å². The summed E-state index contributed by atoms with van der Waals surface area (Å²) in [7, 11) is -3.93. The fourth-order valence-corrected chi connectivity index (χ4v) is 4.80. The summed E-state index contributed by atoms with van der Waals surface area (Å²) in [5.41, 5.74) is 3.00. The van der Waals surface area contributed by atoms with Crippen LogP contribution in [-0.2, 0) is 27.8 Å². The molecule has 0 saturated carbocycles. The number of sulfonamides is 1. The number of carbonyl (C=O) groups excluding carboxylic acids is 1. The average molecular weight is 526 g/mol. The zero-order valence-corrected chi connectivity index (χ0v) is 20.3. The van der Waals surface area contributed by atoms with Gasteiger partial charge < -0.3 is 15.0 Å². The van der Waals surface area contributed by atoms with Gasteiger partial charge in [0.15, 0.2) is 0 Å². The molecule has 1 amide bonds. The molecule has 0 aliphatic carbocycles. The molecule has 190 valence electrons. The van der Waals surface area contributed by atoms with Crippen molar-refractivity contribution in [2.75, 3.05) is 4.72 Å². The Kier molecular flexibility index (Phi) is 7.35. The summed E-state index contributed by atoms with van der Waals surface area (Å²) in [6.07, 6.45) is 1.39. The van der Waals surface area contributed by atoms with Gasteiger partial charge in [-0.3, -0.25) is 9.52 Å². The van der Waals surface area contributed by atoms with E-state index in [1.807, 2.05) is 6.92 Å². The number of fused-ring (bicyclic) bond motifs is 1. The van der Waals surface area contributed by atoms with Crippen molar-refractivity contribution in [2.45, 2.75) is 31.4 Å². The highest BCUT2D eigenvalue weighted by Gasteiger charge is 2.18. The van der Waals surface area contributed by atoms with Crippen LogP contribution in [0.5, 0.6) is 5.88 Å². The maximum Gasteiger partial charge on any atom is 0.388 e. The van der Waals surface area contributed by atoms with Gasteiger partial charge in [0.1, 0.15) is 6.07 Å². The second-order valence-corrected chi connectivity index (χ2v) is 9.73. The molecule has 0 fully saturated rings. The number of aryl methyl sites for hydroxylation is 1. The van der Waals surface area contributed by atoms with E-state index in [1.54, 1.807) is 24.3 Å². The first-order valence-electron chi connectivity index (χ1n) is 11.0. The Morgan fingerprint density at radius 3 is 2.62 bits per heavy atom. The Balaban J connectivity index is 1.39. The number of halogens is 2. The van der Waals surface area contributed by atoms with Gasteiger partial charge in [-0.2, -0.15) is 14.0 Å². The third kappa shape index (κ3) is 6.02. The van der Waals surface area contributed by atoms with E-state index in [1.165, 1.54) is 36.5 Å². The molecule has 9 nitrogen and oxygen atoms in total. The predicted octanol–water partition coefficient (Wildman–Crippen LogP) is 4.00. The Bertz CT molecular complexity index is 1600. The van der Waals surface area contributed by atoms with E-state index in [2.05, 4.69) is 30.8 Å². The van der Waals surface area contributed by atoms with Crippen molar-refractivity contribution in [3.63, 3.8) is 0 Å². The standard InChI is InChI=1S/C25H21F2N5O4S/c1-15-5-10-20(24-23(15)17(12-28)14-30-24)32-37(34,35)19-8-6-16(7-9-19)13-29-21(33)11-18-3-2-4-22(31-18)36-25(26)27/h2-10,14,25,30,32H,11,13H2,1H3,(H,29,33). The lowest BCUT2D eigenvalue weighted by atomic mass is 10.1. The zero-order chi connectivity index (χ0) is 26.6. The van der Waals surface area contributed by atoms with Gasteiger partial charge >= 0.3 is 6.61 Å². The minimum Gasteiger partial charge on any atom is -0.417 e. The van der Waals surface area contributed by atoms with Crippen LogP contribution in [0.3, 0.4) is 0 Å². The third-order valence-corrected chi connectivity index (χ3v) is 6.85. The van der Waals surface area contributed by atoms with Gasteiger partial charge in [0.2, 0.25) is 11.8 Å². The first kappa shape index (κ1) is 25.6. The number of anilines is 1. The Labute approximate surface area is 211 Å². The smallest absolute Gasteiger partial charge is 0.388 e. The SMILES string of the molecule is Cc1ccc(NS(=O)(=O)c2ccc(CNC(=O)Cc3cccc(OC(F)F)n3)cc2)c2[nH]cc(C#N)c12. The first-order valence-corrected chi connectivity index (χ1v) is 12.4. The lowest BCUT2D eigenvalue weighted by molar-refractivity contribution is -0.120. The van der Waals surface area contributed by atoms with Gasteiger partial charge in [-0.05, 0) is 42.3 Å². The molecule has 0 aliphatic heterocycles. The Morgan fingerprint density at radius 2 is 1.92 bits per heavy atom. The van der Waals surface area contributed by atoms with Crippen LogP contribution in [0.15, 0.2) is 65.7 Å². The lowest BCUT2D eigenvalue weighted by Crippen LogP contribution is -2.25. The average Bonchev–Trinajstić information content (AvgIpc) is 3.30. The number of carbonyl (C=O) groups is 1. The number of rotatable bonds is 9. The number of benzene rings is 2. The summed E-state index contributed by atoms with van der Waals surface area (Å²) >= 11 is 0. The van der Waals surface area contributed by atoms with Crippen molar-refractivity contribution in [2.24, 2.45) is 0 Å². The van der Waals surface area contributed by atoms with E-state index in [4.69, 9.17) is 0 Å². The van der Waals surface area contributed by atoms with E-state index in [0.29, 0.717) is 27.7 Å². The van der Waals surface area contributed by atoms with Crippen molar-refractivity contribution < 1.29 is 26.7 Å². The van der Waals surface area contributed by atoms with Crippen molar-refractivity contribution in [3.05, 3.63) is 83.2 Å². The number of aromatic nitrogens is 2. The van der Waals surface area contributed by atoms with E-state index < -0.39 is 22.5 Å². The topological polar surface area (TPSA) is 137 Å². The number of nitrogens with zero attached hydrogens (tertiary/aromatic N) is 2. The normalized spacial score (nSPS) is 11.3. The number of nitriles is 1. The van der Waals surface area contributed by atoms with Crippen LogP contribution < -0.4 is 14.8 Å². The largest absolute Gasteiger partial charge is 0.417 e. The number of alkyl halides is 2. The second-order valence-electron chi connectivity index (χ2n) is 8.04. The highest BCUT2D eigenvalue weighted by Crippen LogP contribution is 2.30. The summed E-state index contributed by atoms with van der Waals surface area (Å²) < 4.78 is 57.4. The second kappa shape index (κ2) is 10.6. The fourth-order valence-electron chi connectivity index (χ4n) is 3.72. The minimum absolute atomic E-state index is 0.0170. The highest BCUT2D eigenvalue weighted by atomic mass is 32.2. The predicted molar refractivity (Wildman–Crippen MR) is 131 cm³/mol. The van der Waals surface area contributed by atoms with Crippen LogP contribution in [0.4, 0.5) is 14.5 Å². The van der Waals surface area contributed by atoms with Crippen molar-refractivity contribution in [1.82, 2.24) is 15.3 Å². The van der Waals surface area contributed by atoms with Gasteiger partial charge in [0.25, 0.3) is 10.0 Å². The van der Waals surface area contributed by atoms with Crippen molar-refractivity contribution >= 4 is 32.5 Å². The van der Waals surface area contributed by atoms with E-state index >= 15 is 0 Å². The van der Waals surface area contributed by atoms with Gasteiger partial charge in [-0.1, -0.05) is 24.3 Å². The number of nitrogens with one attached hydrogen (secondary N) is 3. The van der Waals surface area contributed by atoms with Gasteiger partial charge in [0, 0.05) is 24.2 Å². The zero-order valence-electron chi connectivity index (χ0n) is 19.5. The van der Waals surface area contributed by atoms with E-state index in [0.717, 1.165) is 5.56 Å². The van der Waals surface area contributed by atoms with Crippen LogP contribution in [0, 0.1) is 18.3 Å². The molecule has 0 atom stereocenters. The molecule has 0 aliphatic rings. The molecule has 0 unspecified atom stereocenters. The molecule has 4 rings (SSSR count). The fraction of sp³-hybridized carbons (Fsp3) is 0.160. The van der Waals surface area contributed by atoms with Crippen LogP contribution >= 0.6 is 0 Å². The monoisotopic (exact) mass is 525 g/mol. The maximum atomic E-state index is 13.0. The molecule has 3 N–H and O–H groups in total. The quantitative estimate of drug-likeness (QED) is 0.302. The van der Waals surface area contributed by atoms with Gasteiger partial charge in [0.05, 0.1) is 33.8 Å². The molecule has 37 heavy (non-hydrogen) atoms. The van der Waals surface area contributed by atoms with Crippen LogP contribution in [0.1, 0.15) is 22.4 Å². The number of amides is 1. The molecule has 0 bridgehead atoms. The number of pyridine rings is 1. The number of ether oxygens (including phenoxy) is 1. The number of H-pyrrole nitrogens is 1. The molecule has 0 saturated heterocycles. The van der Waals surface area contributed by atoms with Crippen LogP contribution in [0.25, 0.3) is 10.9 Å². The molecule has 2 heterocycles. The lowest BCUT2D eigenvalue weighted by Gasteiger charge is -2.11. The Morgan fingerprint density at radius 1 is 1.16 bits per heavy atom. The molecule has 2 aromatic carbocycles. The molecular formula is C25H21F2N5O4S. The van der Waals surface area contributed by atoms with Gasteiger partial charge in [-0.15, -0.1) is 0 Å². The number of aromatic amines is 1. The molecule has 4 aromatic rings. The Hall–Kier alpha value is -4.50. The highest BCUT2D eigenvalue weighted by molar-refractivity contribution is 7.92. The molecule has 0 spiro atoms. The third-order valence-electron chi connectivity index (χ3n) is 5.46. The first-order chi connectivity index (χ1) is 17.7. The van der Waals surface area contributed by atoms with Crippen molar-refractivity contribution in [3.8, 4) is 11.9 Å². The maximum absolute atomic E-state index is 13.0. The summed E-state index contributed by atoms with van der Waals surface area (Å²) in [6.45, 7) is -1.05. The van der Waals surface area contributed by atoms with E-state index in [-0.39, 0.29) is 29.4 Å². The van der Waals surface area contributed by atoms with E-state index in [9.17, 15) is 27.3 Å². The summed E-state index contributed by atoms with van der Waals surface area (Å²) in [5.74, 6) is -0.676. The van der Waals surface area contributed by atoms with Gasteiger partial charge in [-0.25, -0.2) is 13.4 Å². The molecule has 2 aromatic heterocycles. The molecule has 0 radical (unpaired) electrons. The summed E-state index contributed by atoms with van der Waals surface area (Å²) in [6, 6.07) is 15.6. The minimum atomic E-state index is -3.93. The molecular weight excluding hydrogens is 504 g/mol. The summed E-state index contributed by atoms with van der Waals surface area (Å²) in [5, 5.41) is 12.6. The summed E-state index contributed by atoms with van der Waals surface area (Å²) in [4.78, 5) is 19.1. The van der Waals surface area contributed by atoms with Crippen LogP contribution in [0.2, 0.25) is 0 Å².